The molecular weight excluding hydrogens is 368 g/mol. The molecule has 0 spiro atoms. The number of nitrogens with one attached hydrogen (secondary N) is 1. The summed E-state index contributed by atoms with van der Waals surface area (Å²) in [5.41, 5.74) is 1.02. The fourth-order valence-electron chi connectivity index (χ4n) is 3.02. The van der Waals surface area contributed by atoms with Gasteiger partial charge in [-0.3, -0.25) is 14.4 Å². The number of carbonyl (C=O) groups is 3. The third-order valence-electron chi connectivity index (χ3n) is 4.36. The van der Waals surface area contributed by atoms with Gasteiger partial charge in [0.15, 0.2) is 0 Å². The summed E-state index contributed by atoms with van der Waals surface area (Å²) in [6.45, 7) is 2.05. The summed E-state index contributed by atoms with van der Waals surface area (Å²) in [5, 5.41) is 3.18. The molecule has 1 N–H and O–H groups in total. The Labute approximate surface area is 162 Å². The molecule has 1 aliphatic rings. The van der Waals surface area contributed by atoms with E-state index in [4.69, 9.17) is 16.3 Å². The van der Waals surface area contributed by atoms with Crippen LogP contribution in [-0.4, -0.2) is 37.0 Å². The maximum absolute atomic E-state index is 12.9. The van der Waals surface area contributed by atoms with Crippen molar-refractivity contribution in [2.45, 2.75) is 13.0 Å². The second-order valence-corrected chi connectivity index (χ2v) is 6.54. The number of hydrogen-bond acceptors (Lipinski definition) is 4. The number of ether oxygens (including phenoxy) is 1. The van der Waals surface area contributed by atoms with Crippen LogP contribution in [0, 0.1) is 5.92 Å². The quantitative estimate of drug-likeness (QED) is 0.801. The van der Waals surface area contributed by atoms with Gasteiger partial charge in [-0.05, 0) is 43.3 Å². The first-order valence-corrected chi connectivity index (χ1v) is 8.98. The van der Waals surface area contributed by atoms with Crippen molar-refractivity contribution in [2.75, 3.05) is 18.1 Å². The van der Waals surface area contributed by atoms with Crippen LogP contribution in [0.25, 0.3) is 0 Å². The van der Waals surface area contributed by atoms with Crippen LogP contribution in [0.1, 0.15) is 17.3 Å². The van der Waals surface area contributed by atoms with E-state index in [1.54, 1.807) is 43.3 Å². The van der Waals surface area contributed by atoms with Crippen molar-refractivity contribution >= 4 is 35.1 Å². The first-order chi connectivity index (χ1) is 13.0. The van der Waals surface area contributed by atoms with Crippen molar-refractivity contribution in [3.63, 3.8) is 0 Å². The Bertz CT molecular complexity index is 839. The molecule has 0 aromatic heterocycles. The predicted molar refractivity (Wildman–Crippen MR) is 102 cm³/mol. The Balaban J connectivity index is 1.84. The maximum atomic E-state index is 12.9. The van der Waals surface area contributed by atoms with Crippen LogP contribution >= 0.6 is 11.6 Å². The molecular formula is C20H19ClN2O4. The highest BCUT2D eigenvalue weighted by Crippen LogP contribution is 2.26. The van der Waals surface area contributed by atoms with Crippen molar-refractivity contribution in [3.8, 4) is 0 Å². The smallest absolute Gasteiger partial charge is 0.313 e. The van der Waals surface area contributed by atoms with Crippen molar-refractivity contribution in [1.82, 2.24) is 5.32 Å². The minimum absolute atomic E-state index is 0.146. The third kappa shape index (κ3) is 4.11. The molecule has 0 aliphatic carbocycles. The van der Waals surface area contributed by atoms with Gasteiger partial charge in [0, 0.05) is 22.8 Å². The zero-order valence-corrected chi connectivity index (χ0v) is 15.5. The summed E-state index contributed by atoms with van der Waals surface area (Å²) >= 11 is 5.84. The Kier molecular flexibility index (Phi) is 5.76. The van der Waals surface area contributed by atoms with E-state index in [-0.39, 0.29) is 19.1 Å². The molecule has 1 heterocycles. The van der Waals surface area contributed by atoms with Gasteiger partial charge in [0.2, 0.25) is 0 Å². The summed E-state index contributed by atoms with van der Waals surface area (Å²) in [6, 6.07) is 14.3. The number of rotatable bonds is 5. The highest BCUT2D eigenvalue weighted by molar-refractivity contribution is 6.30. The molecule has 2 aromatic rings. The fraction of sp³-hybridized carbons (Fsp3) is 0.250. The maximum Gasteiger partial charge on any atom is 0.313 e. The average Bonchev–Trinajstić information content (AvgIpc) is 3.00. The highest BCUT2D eigenvalue weighted by atomic mass is 35.5. The Morgan fingerprint density at radius 1 is 1.15 bits per heavy atom. The Morgan fingerprint density at radius 2 is 1.81 bits per heavy atom. The second-order valence-electron chi connectivity index (χ2n) is 6.10. The summed E-state index contributed by atoms with van der Waals surface area (Å²) in [6.07, 6.45) is 0. The first kappa shape index (κ1) is 18.9. The molecule has 7 heteroatoms. The lowest BCUT2D eigenvalue weighted by atomic mass is 10.0. The molecule has 27 heavy (non-hydrogen) atoms. The molecule has 140 valence electrons. The number of halogens is 1. The van der Waals surface area contributed by atoms with E-state index in [9.17, 15) is 14.4 Å². The van der Waals surface area contributed by atoms with Crippen LogP contribution < -0.4 is 10.2 Å². The van der Waals surface area contributed by atoms with E-state index < -0.39 is 23.8 Å². The van der Waals surface area contributed by atoms with Gasteiger partial charge in [-0.1, -0.05) is 29.8 Å². The third-order valence-corrected chi connectivity index (χ3v) is 4.62. The van der Waals surface area contributed by atoms with Gasteiger partial charge < -0.3 is 15.0 Å². The molecule has 6 nitrogen and oxygen atoms in total. The van der Waals surface area contributed by atoms with Gasteiger partial charge in [0.1, 0.15) is 12.0 Å². The molecule has 1 fully saturated rings. The van der Waals surface area contributed by atoms with Gasteiger partial charge in [-0.15, -0.1) is 0 Å². The summed E-state index contributed by atoms with van der Waals surface area (Å²) in [4.78, 5) is 39.3. The normalized spacial score (nSPS) is 19.0. The minimum atomic E-state index is -0.993. The lowest BCUT2D eigenvalue weighted by molar-refractivity contribution is -0.148. The van der Waals surface area contributed by atoms with E-state index >= 15 is 0 Å². The summed E-state index contributed by atoms with van der Waals surface area (Å²) < 4.78 is 5.11. The SMILES string of the molecule is CCOC(=O)C1CN(c2ccccc2)C(=O)C1NC(=O)c1ccc(Cl)cc1. The van der Waals surface area contributed by atoms with Crippen molar-refractivity contribution < 1.29 is 19.1 Å². The van der Waals surface area contributed by atoms with Gasteiger partial charge in [0.25, 0.3) is 11.8 Å². The van der Waals surface area contributed by atoms with Gasteiger partial charge in [-0.2, -0.15) is 0 Å². The predicted octanol–water partition coefficient (Wildman–Crippen LogP) is 2.66. The number of amides is 2. The van der Waals surface area contributed by atoms with Crippen LogP contribution in [0.15, 0.2) is 54.6 Å². The molecule has 2 atom stereocenters. The lowest BCUT2D eigenvalue weighted by Crippen LogP contribution is -2.46. The van der Waals surface area contributed by atoms with Crippen LogP contribution in [0.5, 0.6) is 0 Å². The van der Waals surface area contributed by atoms with Crippen LogP contribution in [0.4, 0.5) is 5.69 Å². The zero-order chi connectivity index (χ0) is 19.4. The average molecular weight is 387 g/mol. The number of para-hydroxylation sites is 1. The van der Waals surface area contributed by atoms with Gasteiger partial charge in [0.05, 0.1) is 6.61 Å². The molecule has 0 radical (unpaired) electrons. The van der Waals surface area contributed by atoms with Gasteiger partial charge in [-0.25, -0.2) is 0 Å². The van der Waals surface area contributed by atoms with Crippen molar-refractivity contribution in [1.29, 1.82) is 0 Å². The lowest BCUT2D eigenvalue weighted by Gasteiger charge is -2.17. The monoisotopic (exact) mass is 386 g/mol. The molecule has 2 aromatic carbocycles. The summed E-state index contributed by atoms with van der Waals surface area (Å²) in [5.74, 6) is -2.09. The Morgan fingerprint density at radius 3 is 2.44 bits per heavy atom. The van der Waals surface area contributed by atoms with Crippen LogP contribution in [0.3, 0.4) is 0 Å². The largest absolute Gasteiger partial charge is 0.466 e. The molecule has 1 saturated heterocycles. The highest BCUT2D eigenvalue weighted by Gasteiger charge is 2.46. The number of hydrogen-bond donors (Lipinski definition) is 1. The van der Waals surface area contributed by atoms with E-state index in [2.05, 4.69) is 5.32 Å². The Hall–Kier alpha value is -2.86. The fourth-order valence-corrected chi connectivity index (χ4v) is 3.15. The molecule has 2 amide bonds. The molecule has 1 aliphatic heterocycles. The number of carbonyl (C=O) groups excluding carboxylic acids is 3. The van der Waals surface area contributed by atoms with E-state index in [0.29, 0.717) is 16.3 Å². The number of esters is 1. The minimum Gasteiger partial charge on any atom is -0.466 e. The van der Waals surface area contributed by atoms with Crippen LogP contribution in [-0.2, 0) is 14.3 Å². The molecule has 0 saturated carbocycles. The van der Waals surface area contributed by atoms with Crippen molar-refractivity contribution in [3.05, 3.63) is 65.2 Å². The molecule has 2 unspecified atom stereocenters. The summed E-state index contributed by atoms with van der Waals surface area (Å²) in [7, 11) is 0. The number of anilines is 1. The van der Waals surface area contributed by atoms with E-state index in [0.717, 1.165) is 0 Å². The van der Waals surface area contributed by atoms with Crippen molar-refractivity contribution in [2.24, 2.45) is 5.92 Å². The topological polar surface area (TPSA) is 75.7 Å². The standard InChI is InChI=1S/C20H19ClN2O4/c1-2-27-20(26)16-12-23(15-6-4-3-5-7-15)19(25)17(16)22-18(24)13-8-10-14(21)11-9-13/h3-11,16-17H,2,12H2,1H3,(H,22,24). The number of nitrogens with zero attached hydrogens (tertiary/aromatic N) is 1. The van der Waals surface area contributed by atoms with Crippen LogP contribution in [0.2, 0.25) is 5.02 Å². The number of benzene rings is 2. The van der Waals surface area contributed by atoms with Gasteiger partial charge >= 0.3 is 5.97 Å². The molecule has 3 rings (SSSR count). The van der Waals surface area contributed by atoms with E-state index in [1.807, 2.05) is 18.2 Å². The molecule has 0 bridgehead atoms. The van der Waals surface area contributed by atoms with E-state index in [1.165, 1.54) is 4.90 Å². The second kappa shape index (κ2) is 8.22. The zero-order valence-electron chi connectivity index (χ0n) is 14.7. The first-order valence-electron chi connectivity index (χ1n) is 8.60.